The fourth-order valence-electron chi connectivity index (χ4n) is 8.14. The molecule has 1 amide bonds. The molecule has 0 rings (SSSR count). The SMILES string of the molecule is CC/C=C\C/C=C\C/C=C\C/C=C\C/C=C\C/C=C\CCCCCCC(=O)NC(COP(=O)([O-])OCC[N+](C)(C)C)C(/C=C\CCCCCCCCCCCCC)OC(=O)CC/C=C\C/C=C\C/C=C\C/C=C\C/C=C\C/C=C\CC. The van der Waals surface area contributed by atoms with Crippen LogP contribution >= 0.6 is 7.82 Å². The Morgan fingerprint density at radius 3 is 1.21 bits per heavy atom. The lowest BCUT2D eigenvalue weighted by molar-refractivity contribution is -0.870. The predicted molar refractivity (Wildman–Crippen MR) is 348 cm³/mol. The number of hydrogen-bond donors (Lipinski definition) is 1. The van der Waals surface area contributed by atoms with Crippen molar-refractivity contribution in [1.82, 2.24) is 5.32 Å². The molecule has 0 heterocycles. The van der Waals surface area contributed by atoms with Crippen molar-refractivity contribution in [3.63, 3.8) is 0 Å². The smallest absolute Gasteiger partial charge is 0.306 e. The number of nitrogens with one attached hydrogen (secondary N) is 1. The van der Waals surface area contributed by atoms with Crippen molar-refractivity contribution < 1.29 is 37.3 Å². The van der Waals surface area contributed by atoms with Crippen molar-refractivity contribution in [2.45, 2.75) is 238 Å². The Balaban J connectivity index is 5.44. The number of allylic oxidation sites excluding steroid dienone is 25. The third-order valence-electron chi connectivity index (χ3n) is 13.0. The molecule has 1 N–H and O–H groups in total. The van der Waals surface area contributed by atoms with E-state index in [0.717, 1.165) is 122 Å². The van der Waals surface area contributed by atoms with Crippen LogP contribution in [0.1, 0.15) is 226 Å². The first-order valence-corrected chi connectivity index (χ1v) is 33.3. The van der Waals surface area contributed by atoms with E-state index in [4.69, 9.17) is 13.8 Å². The van der Waals surface area contributed by atoms with Gasteiger partial charge >= 0.3 is 5.97 Å². The third-order valence-corrected chi connectivity index (χ3v) is 13.9. The number of carbonyl (C=O) groups is 2. The Labute approximate surface area is 497 Å². The first-order valence-electron chi connectivity index (χ1n) is 31.8. The molecule has 0 aromatic rings. The van der Waals surface area contributed by atoms with Crippen LogP contribution in [-0.2, 0) is 27.9 Å². The summed E-state index contributed by atoms with van der Waals surface area (Å²) in [5.41, 5.74) is 0. The Bertz CT molecular complexity index is 1940. The largest absolute Gasteiger partial charge is 0.756 e. The maximum Gasteiger partial charge on any atom is 0.306 e. The first-order chi connectivity index (χ1) is 39.4. The highest BCUT2D eigenvalue weighted by Crippen LogP contribution is 2.38. The summed E-state index contributed by atoms with van der Waals surface area (Å²) in [5.74, 6) is -0.681. The highest BCUT2D eigenvalue weighted by atomic mass is 31.2. The third kappa shape index (κ3) is 60.1. The van der Waals surface area contributed by atoms with Crippen molar-refractivity contribution in [3.8, 4) is 0 Å². The number of quaternary nitrogens is 1. The van der Waals surface area contributed by atoms with Gasteiger partial charge in [0.2, 0.25) is 5.91 Å². The monoisotopic (exact) mass is 1140 g/mol. The van der Waals surface area contributed by atoms with Gasteiger partial charge in [0.25, 0.3) is 7.82 Å². The minimum atomic E-state index is -4.74. The van der Waals surface area contributed by atoms with Crippen molar-refractivity contribution in [3.05, 3.63) is 158 Å². The van der Waals surface area contributed by atoms with Crippen LogP contribution in [0.4, 0.5) is 0 Å². The van der Waals surface area contributed by atoms with Crippen LogP contribution < -0.4 is 10.2 Å². The van der Waals surface area contributed by atoms with Gasteiger partial charge < -0.3 is 28.5 Å². The summed E-state index contributed by atoms with van der Waals surface area (Å²) in [6.45, 7) is 6.52. The zero-order chi connectivity index (χ0) is 59.3. The number of hydrogen-bond acceptors (Lipinski definition) is 7. The average Bonchev–Trinajstić information content (AvgIpc) is 3.44. The van der Waals surface area contributed by atoms with Crippen LogP contribution in [0.25, 0.3) is 0 Å². The van der Waals surface area contributed by atoms with E-state index in [2.05, 4.69) is 160 Å². The molecular formula is C71H117N2O7P. The molecule has 3 unspecified atom stereocenters. The highest BCUT2D eigenvalue weighted by molar-refractivity contribution is 7.45. The van der Waals surface area contributed by atoms with Crippen LogP contribution in [0.3, 0.4) is 0 Å². The molecule has 0 aromatic heterocycles. The molecule has 81 heavy (non-hydrogen) atoms. The summed E-state index contributed by atoms with van der Waals surface area (Å²) in [6, 6.07) is -0.946. The number of rotatable bonds is 55. The molecule has 0 spiro atoms. The first kappa shape index (κ1) is 76.6. The number of likely N-dealkylation sites (N-methyl/N-ethyl adjacent to an activating group) is 1. The lowest BCUT2D eigenvalue weighted by Crippen LogP contribution is -2.47. The van der Waals surface area contributed by atoms with Gasteiger partial charge in [0.15, 0.2) is 0 Å². The van der Waals surface area contributed by atoms with Gasteiger partial charge in [-0.25, -0.2) is 0 Å². The number of phosphoric ester groups is 1. The summed E-state index contributed by atoms with van der Waals surface area (Å²) in [6.07, 6.45) is 86.5. The topological polar surface area (TPSA) is 114 Å². The molecule has 10 heteroatoms. The number of ether oxygens (including phenoxy) is 1. The fraction of sp³-hybridized carbons (Fsp3) is 0.606. The molecule has 0 aliphatic heterocycles. The molecule has 0 saturated carbocycles. The summed E-state index contributed by atoms with van der Waals surface area (Å²) in [7, 11) is 1.10. The van der Waals surface area contributed by atoms with E-state index in [1.807, 2.05) is 39.4 Å². The molecule has 0 fully saturated rings. The lowest BCUT2D eigenvalue weighted by atomic mass is 10.0. The average molecular weight is 1140 g/mol. The Morgan fingerprint density at radius 2 is 0.802 bits per heavy atom. The molecule has 0 aromatic carbocycles. The van der Waals surface area contributed by atoms with Gasteiger partial charge in [-0.1, -0.05) is 250 Å². The highest BCUT2D eigenvalue weighted by Gasteiger charge is 2.27. The Morgan fingerprint density at radius 1 is 0.444 bits per heavy atom. The number of carbonyl (C=O) groups excluding carboxylic acids is 2. The minimum Gasteiger partial charge on any atom is -0.756 e. The maximum atomic E-state index is 13.6. The van der Waals surface area contributed by atoms with Crippen molar-refractivity contribution in [1.29, 1.82) is 0 Å². The van der Waals surface area contributed by atoms with E-state index in [0.29, 0.717) is 23.9 Å². The maximum absolute atomic E-state index is 13.6. The van der Waals surface area contributed by atoms with Gasteiger partial charge in [0, 0.05) is 12.8 Å². The molecule has 0 saturated heterocycles. The molecule has 9 nitrogen and oxygen atoms in total. The summed E-state index contributed by atoms with van der Waals surface area (Å²) >= 11 is 0. The zero-order valence-electron chi connectivity index (χ0n) is 52.2. The molecule has 0 aliphatic carbocycles. The molecule has 3 atom stereocenters. The van der Waals surface area contributed by atoms with Crippen LogP contribution in [0.5, 0.6) is 0 Å². The fourth-order valence-corrected chi connectivity index (χ4v) is 8.86. The number of amides is 1. The minimum absolute atomic E-state index is 0.0483. The standard InChI is InChI=1S/C71H117N2O7P/c1-7-10-13-16-19-22-25-28-30-32-34-35-36-37-39-40-42-45-48-51-54-57-60-63-70(74)72-68(67-79-81(76,77)78-66-65-73(4,5)6)69(62-59-56-53-50-47-44-27-24-21-18-15-12-9-3)80-71(75)64-61-58-55-52-49-46-43-41-38-33-31-29-26-23-20-17-14-11-8-2/h10-11,13-14,19-20,22-23,28-31,34-35,37-39,41-42,45-46,49,55,58-59,62,68-69H,7-9,12,15-18,21,24-27,32-33,36,40,43-44,47-48,50-54,56-57,60-61,63-67H2,1-6H3,(H-,72,74,76,77)/b13-10-,14-11-,22-19-,23-20-,30-28-,31-29-,35-34-,39-37-,41-38-,45-42-,49-46-,58-55-,62-59-. The quantitative estimate of drug-likeness (QED) is 0.0212. The molecule has 0 radical (unpaired) electrons. The Kier molecular flexibility index (Phi) is 55.6. The van der Waals surface area contributed by atoms with Gasteiger partial charge in [0.05, 0.1) is 33.8 Å². The summed E-state index contributed by atoms with van der Waals surface area (Å²) in [5, 5.41) is 2.99. The van der Waals surface area contributed by atoms with Crippen LogP contribution in [0.15, 0.2) is 158 Å². The normalized spacial score (nSPS) is 14.7. The summed E-state index contributed by atoms with van der Waals surface area (Å²) < 4.78 is 30.3. The van der Waals surface area contributed by atoms with Crippen LogP contribution in [0, 0.1) is 0 Å². The van der Waals surface area contributed by atoms with Crippen molar-refractivity contribution >= 4 is 19.7 Å². The van der Waals surface area contributed by atoms with Gasteiger partial charge in [-0.05, 0) is 122 Å². The Hall–Kier alpha value is -4.37. The van der Waals surface area contributed by atoms with Gasteiger partial charge in [-0.2, -0.15) is 0 Å². The van der Waals surface area contributed by atoms with Gasteiger partial charge in [-0.3, -0.25) is 14.2 Å². The van der Waals surface area contributed by atoms with Crippen molar-refractivity contribution in [2.24, 2.45) is 0 Å². The van der Waals surface area contributed by atoms with Crippen molar-refractivity contribution in [2.75, 3.05) is 40.9 Å². The van der Waals surface area contributed by atoms with Gasteiger partial charge in [-0.15, -0.1) is 0 Å². The molecule has 0 bridgehead atoms. The molecule has 0 aliphatic rings. The van der Waals surface area contributed by atoms with E-state index >= 15 is 0 Å². The van der Waals surface area contributed by atoms with E-state index in [1.54, 1.807) is 6.08 Å². The molecular weight excluding hydrogens is 1020 g/mol. The van der Waals surface area contributed by atoms with Crippen LogP contribution in [0.2, 0.25) is 0 Å². The zero-order valence-corrected chi connectivity index (χ0v) is 53.1. The second kappa shape index (κ2) is 58.8. The second-order valence-electron chi connectivity index (χ2n) is 21.8. The van der Waals surface area contributed by atoms with E-state index in [9.17, 15) is 19.0 Å². The summed E-state index contributed by atoms with van der Waals surface area (Å²) in [4.78, 5) is 40.0. The number of nitrogens with zero attached hydrogens (tertiary/aromatic N) is 1. The van der Waals surface area contributed by atoms with E-state index in [1.165, 1.54) is 57.8 Å². The number of esters is 1. The number of unbranched alkanes of at least 4 members (excludes halogenated alkanes) is 15. The van der Waals surface area contributed by atoms with Crippen LogP contribution in [-0.4, -0.2) is 69.4 Å². The second-order valence-corrected chi connectivity index (χ2v) is 23.2. The van der Waals surface area contributed by atoms with E-state index in [-0.39, 0.29) is 25.4 Å². The number of phosphoric acid groups is 1. The lowest BCUT2D eigenvalue weighted by Gasteiger charge is -2.30. The predicted octanol–water partition coefficient (Wildman–Crippen LogP) is 19.4. The van der Waals surface area contributed by atoms with E-state index < -0.39 is 32.5 Å². The molecule has 458 valence electrons. The van der Waals surface area contributed by atoms with Gasteiger partial charge in [0.1, 0.15) is 19.3 Å².